The Bertz CT molecular complexity index is 792. The molecule has 1 fully saturated rings. The van der Waals surface area contributed by atoms with Crippen LogP contribution < -0.4 is 9.47 Å². The first-order chi connectivity index (χ1) is 12.6. The molecule has 0 N–H and O–H groups in total. The number of rotatable bonds is 4. The molecule has 1 unspecified atom stereocenters. The molecule has 0 aromatic heterocycles. The summed E-state index contributed by atoms with van der Waals surface area (Å²) in [4.78, 5) is 13.0. The topological polar surface area (TPSA) is 35.5 Å². The van der Waals surface area contributed by atoms with Crippen LogP contribution in [0.4, 0.5) is 0 Å². The number of Topliss-reactive ketones (excluding diaryl/α,β-unsaturated/α-hetero) is 1. The molecule has 0 bridgehead atoms. The van der Waals surface area contributed by atoms with E-state index in [1.165, 1.54) is 0 Å². The van der Waals surface area contributed by atoms with Gasteiger partial charge in [-0.2, -0.15) is 0 Å². The molecule has 0 heterocycles. The average Bonchev–Trinajstić information content (AvgIpc) is 2.66. The highest BCUT2D eigenvalue weighted by atomic mass is 16.5. The minimum absolute atomic E-state index is 0.133. The molecule has 2 aromatic carbocycles. The monoisotopic (exact) mass is 348 g/mol. The summed E-state index contributed by atoms with van der Waals surface area (Å²) in [6.07, 6.45) is 5.57. The summed E-state index contributed by atoms with van der Waals surface area (Å²) in [6.45, 7) is 2.19. The summed E-state index contributed by atoms with van der Waals surface area (Å²) in [5.41, 5.74) is 3.68. The standard InChI is InChI=1S/C23H24O3/c1-16-10-19(12-17-6-4-8-21(14-17)25-2)23(24)20(11-16)13-18-7-5-9-22(15-18)26-3/h4-9,12-16H,10-11H2,1-3H3/b19-12+,20-13?. The van der Waals surface area contributed by atoms with E-state index in [1.54, 1.807) is 14.2 Å². The van der Waals surface area contributed by atoms with Crippen molar-refractivity contribution in [3.8, 4) is 11.5 Å². The molecule has 0 amide bonds. The molecule has 3 heteroatoms. The van der Waals surface area contributed by atoms with Gasteiger partial charge in [-0.1, -0.05) is 31.2 Å². The van der Waals surface area contributed by atoms with Gasteiger partial charge in [-0.15, -0.1) is 0 Å². The molecule has 0 aliphatic heterocycles. The fourth-order valence-corrected chi connectivity index (χ4v) is 3.33. The van der Waals surface area contributed by atoms with Gasteiger partial charge in [0, 0.05) is 11.1 Å². The number of methoxy groups -OCH3 is 2. The van der Waals surface area contributed by atoms with E-state index >= 15 is 0 Å². The molecule has 3 nitrogen and oxygen atoms in total. The van der Waals surface area contributed by atoms with Crippen molar-refractivity contribution in [3.05, 3.63) is 70.8 Å². The van der Waals surface area contributed by atoms with E-state index in [9.17, 15) is 4.79 Å². The second kappa shape index (κ2) is 8.05. The van der Waals surface area contributed by atoms with Crippen molar-refractivity contribution in [3.63, 3.8) is 0 Å². The van der Waals surface area contributed by atoms with E-state index in [-0.39, 0.29) is 5.78 Å². The van der Waals surface area contributed by atoms with Crippen LogP contribution >= 0.6 is 0 Å². The average molecular weight is 348 g/mol. The Morgan fingerprint density at radius 3 is 1.73 bits per heavy atom. The Morgan fingerprint density at radius 1 is 0.846 bits per heavy atom. The zero-order valence-corrected chi connectivity index (χ0v) is 15.5. The summed E-state index contributed by atoms with van der Waals surface area (Å²) in [7, 11) is 3.30. The lowest BCUT2D eigenvalue weighted by atomic mass is 9.81. The molecule has 0 saturated heterocycles. The molecule has 0 spiro atoms. The third kappa shape index (κ3) is 4.23. The Hall–Kier alpha value is -2.81. The summed E-state index contributed by atoms with van der Waals surface area (Å²) in [5.74, 6) is 2.15. The normalized spacial score (nSPS) is 20.4. The molecular weight excluding hydrogens is 324 g/mol. The first-order valence-corrected chi connectivity index (χ1v) is 8.83. The van der Waals surface area contributed by atoms with Gasteiger partial charge in [0.15, 0.2) is 5.78 Å². The first-order valence-electron chi connectivity index (χ1n) is 8.83. The SMILES string of the molecule is COc1cccc(C=C2CC(C)C/C(=C\c3cccc(OC)c3)C2=O)c1. The molecule has 1 saturated carbocycles. The highest BCUT2D eigenvalue weighted by molar-refractivity contribution is 6.14. The summed E-state index contributed by atoms with van der Waals surface area (Å²) < 4.78 is 10.6. The van der Waals surface area contributed by atoms with Crippen molar-refractivity contribution in [2.45, 2.75) is 19.8 Å². The fraction of sp³-hybridized carbons (Fsp3) is 0.261. The number of ketones is 1. The second-order valence-corrected chi connectivity index (χ2v) is 6.73. The van der Waals surface area contributed by atoms with Crippen molar-refractivity contribution in [1.82, 2.24) is 0 Å². The van der Waals surface area contributed by atoms with Crippen LogP contribution in [-0.2, 0) is 4.79 Å². The van der Waals surface area contributed by atoms with Crippen LogP contribution in [0, 0.1) is 5.92 Å². The lowest BCUT2D eigenvalue weighted by molar-refractivity contribution is -0.113. The predicted octanol–water partition coefficient (Wildman–Crippen LogP) is 5.17. The minimum Gasteiger partial charge on any atom is -0.497 e. The maximum atomic E-state index is 13.0. The Kier molecular flexibility index (Phi) is 5.57. The van der Waals surface area contributed by atoms with E-state index in [4.69, 9.17) is 9.47 Å². The van der Waals surface area contributed by atoms with Gasteiger partial charge in [0.1, 0.15) is 11.5 Å². The lowest BCUT2D eigenvalue weighted by Gasteiger charge is -2.22. The zero-order chi connectivity index (χ0) is 18.5. The van der Waals surface area contributed by atoms with Gasteiger partial charge in [0.05, 0.1) is 14.2 Å². The summed E-state index contributed by atoms with van der Waals surface area (Å²) in [6, 6.07) is 15.6. The number of ether oxygens (including phenoxy) is 2. The summed E-state index contributed by atoms with van der Waals surface area (Å²) >= 11 is 0. The number of hydrogen-bond acceptors (Lipinski definition) is 3. The number of benzene rings is 2. The number of hydrogen-bond donors (Lipinski definition) is 0. The molecule has 3 rings (SSSR count). The minimum atomic E-state index is 0.133. The Morgan fingerprint density at radius 2 is 1.31 bits per heavy atom. The highest BCUT2D eigenvalue weighted by Gasteiger charge is 2.25. The van der Waals surface area contributed by atoms with Crippen molar-refractivity contribution < 1.29 is 14.3 Å². The third-order valence-corrected chi connectivity index (χ3v) is 4.59. The summed E-state index contributed by atoms with van der Waals surface area (Å²) in [5, 5.41) is 0. The molecular formula is C23H24O3. The van der Waals surface area contributed by atoms with Crippen molar-refractivity contribution in [2.75, 3.05) is 14.2 Å². The van der Waals surface area contributed by atoms with Gasteiger partial charge in [-0.3, -0.25) is 4.79 Å². The van der Waals surface area contributed by atoms with Crippen LogP contribution in [-0.4, -0.2) is 20.0 Å². The van der Waals surface area contributed by atoms with Crippen LogP contribution in [0.25, 0.3) is 12.2 Å². The molecule has 1 aliphatic carbocycles. The van der Waals surface area contributed by atoms with Crippen molar-refractivity contribution in [1.29, 1.82) is 0 Å². The van der Waals surface area contributed by atoms with E-state index in [1.807, 2.05) is 60.7 Å². The van der Waals surface area contributed by atoms with E-state index < -0.39 is 0 Å². The maximum absolute atomic E-state index is 13.0. The molecule has 26 heavy (non-hydrogen) atoms. The molecule has 0 radical (unpaired) electrons. The maximum Gasteiger partial charge on any atom is 0.185 e. The second-order valence-electron chi connectivity index (χ2n) is 6.73. The van der Waals surface area contributed by atoms with Gasteiger partial charge in [0.25, 0.3) is 0 Å². The highest BCUT2D eigenvalue weighted by Crippen LogP contribution is 2.32. The van der Waals surface area contributed by atoms with Crippen LogP contribution in [0.15, 0.2) is 59.7 Å². The quantitative estimate of drug-likeness (QED) is 0.715. The van der Waals surface area contributed by atoms with Crippen LogP contribution in [0.1, 0.15) is 30.9 Å². The van der Waals surface area contributed by atoms with E-state index in [2.05, 4.69) is 6.92 Å². The number of carbonyl (C=O) groups is 1. The van der Waals surface area contributed by atoms with Crippen LogP contribution in [0.5, 0.6) is 11.5 Å². The zero-order valence-electron chi connectivity index (χ0n) is 15.5. The molecule has 134 valence electrons. The van der Waals surface area contributed by atoms with Crippen molar-refractivity contribution in [2.24, 2.45) is 5.92 Å². The largest absolute Gasteiger partial charge is 0.497 e. The van der Waals surface area contributed by atoms with Crippen LogP contribution in [0.2, 0.25) is 0 Å². The number of allylic oxidation sites excluding steroid dienone is 2. The molecule has 1 atom stereocenters. The van der Waals surface area contributed by atoms with Gasteiger partial charge in [-0.25, -0.2) is 0 Å². The first kappa shape index (κ1) is 18.0. The Balaban J connectivity index is 1.92. The van der Waals surface area contributed by atoms with Gasteiger partial charge in [0.2, 0.25) is 0 Å². The van der Waals surface area contributed by atoms with E-state index in [0.29, 0.717) is 5.92 Å². The lowest BCUT2D eigenvalue weighted by Crippen LogP contribution is -2.18. The van der Waals surface area contributed by atoms with Crippen LogP contribution in [0.3, 0.4) is 0 Å². The Labute approximate surface area is 155 Å². The van der Waals surface area contributed by atoms with Gasteiger partial charge in [-0.05, 0) is 66.3 Å². The smallest absolute Gasteiger partial charge is 0.185 e. The number of carbonyl (C=O) groups excluding carboxylic acids is 1. The van der Waals surface area contributed by atoms with Gasteiger partial charge >= 0.3 is 0 Å². The predicted molar refractivity (Wildman–Crippen MR) is 105 cm³/mol. The van der Waals surface area contributed by atoms with Gasteiger partial charge < -0.3 is 9.47 Å². The third-order valence-electron chi connectivity index (χ3n) is 4.59. The molecule has 1 aliphatic rings. The molecule has 2 aromatic rings. The van der Waals surface area contributed by atoms with E-state index in [0.717, 1.165) is 46.6 Å². The van der Waals surface area contributed by atoms with Crippen molar-refractivity contribution >= 4 is 17.9 Å². The fourth-order valence-electron chi connectivity index (χ4n) is 3.33.